The van der Waals surface area contributed by atoms with Gasteiger partial charge in [-0.25, -0.2) is 17.1 Å². The van der Waals surface area contributed by atoms with Crippen LogP contribution in [0, 0.1) is 0 Å². The van der Waals surface area contributed by atoms with E-state index in [-0.39, 0.29) is 0 Å². The van der Waals surface area contributed by atoms with Gasteiger partial charge in [-0.3, -0.25) is 9.11 Å². The summed E-state index contributed by atoms with van der Waals surface area (Å²) >= 11 is 0. The van der Waals surface area contributed by atoms with Crippen molar-refractivity contribution in [3.05, 3.63) is 0 Å². The minimum atomic E-state index is -5.32. The molecule has 12 heteroatoms. The molecule has 2 N–H and O–H groups in total. The van der Waals surface area contributed by atoms with Crippen LogP contribution in [0.4, 0.5) is 8.78 Å². The lowest BCUT2D eigenvalue weighted by Gasteiger charge is -2.11. The van der Waals surface area contributed by atoms with Crippen molar-refractivity contribution >= 4 is 20.8 Å². The fraction of sp³-hybridized carbons (Fsp3) is 1.00. The van der Waals surface area contributed by atoms with Crippen molar-refractivity contribution in [3.8, 4) is 0 Å². The number of hydrogen-bond acceptors (Lipinski definition) is 6. The molecule has 0 amide bonds. The highest BCUT2D eigenvalue weighted by Crippen LogP contribution is 2.12. The summed E-state index contributed by atoms with van der Waals surface area (Å²) in [5.74, 6) is 0. The number of alkyl halides is 2. The molecule has 0 spiro atoms. The number of hydrogen-bond donors (Lipinski definition) is 2. The van der Waals surface area contributed by atoms with Crippen molar-refractivity contribution in [1.29, 1.82) is 0 Å². The van der Waals surface area contributed by atoms with Crippen LogP contribution >= 0.6 is 0 Å². The maximum absolute atomic E-state index is 11.8. The van der Waals surface area contributed by atoms with Crippen LogP contribution in [0.5, 0.6) is 0 Å². The maximum atomic E-state index is 11.8. The summed E-state index contributed by atoms with van der Waals surface area (Å²) < 4.78 is 85.0. The van der Waals surface area contributed by atoms with E-state index in [0.29, 0.717) is 0 Å². The quantitative estimate of drug-likeness (QED) is 0.485. The summed E-state index contributed by atoms with van der Waals surface area (Å²) in [4.78, 5) is 0. The van der Waals surface area contributed by atoms with E-state index in [1.807, 2.05) is 0 Å². The molecule has 0 aliphatic rings. The average Bonchev–Trinajstić information content (AvgIpc) is 1.78. The lowest BCUT2D eigenvalue weighted by atomic mass is 10.7. The molecule has 0 aliphatic carbocycles. The van der Waals surface area contributed by atoms with Crippen LogP contribution in [0.15, 0.2) is 0 Å². The van der Waals surface area contributed by atoms with Crippen molar-refractivity contribution in [2.75, 3.05) is 0 Å². The van der Waals surface area contributed by atoms with Gasteiger partial charge in [-0.1, -0.05) is 0 Å². The Bertz CT molecular complexity index is 334. The molecule has 0 aliphatic heterocycles. The first-order valence-corrected chi connectivity index (χ1v) is 5.34. The van der Waals surface area contributed by atoms with E-state index >= 15 is 0 Å². The largest absolute Gasteiger partial charge is 0.400 e. The van der Waals surface area contributed by atoms with Crippen molar-refractivity contribution in [3.63, 3.8) is 0 Å². The summed E-state index contributed by atoms with van der Waals surface area (Å²) in [6.45, 7) is 0. The fourth-order valence-electron chi connectivity index (χ4n) is 0.340. The molecule has 86 valence electrons. The molecule has 0 fully saturated rings. The van der Waals surface area contributed by atoms with E-state index < -0.39 is 33.5 Å². The summed E-state index contributed by atoms with van der Waals surface area (Å²) in [5.41, 5.74) is 0. The van der Waals surface area contributed by atoms with Gasteiger partial charge in [0.15, 0.2) is 0 Å². The van der Waals surface area contributed by atoms with Crippen LogP contribution in [-0.2, 0) is 29.2 Å². The SMILES string of the molecule is O=S(=O)(O)OC(OS(=O)(=O)O)C(F)F. The van der Waals surface area contributed by atoms with Crippen molar-refractivity contribution < 1.29 is 43.1 Å². The Hall–Kier alpha value is -0.400. The third kappa shape index (κ3) is 7.05. The second kappa shape index (κ2) is 4.41. The summed E-state index contributed by atoms with van der Waals surface area (Å²) in [6, 6.07) is 0. The van der Waals surface area contributed by atoms with Gasteiger partial charge in [-0.15, -0.1) is 0 Å². The maximum Gasteiger partial charge on any atom is 0.400 e. The van der Waals surface area contributed by atoms with Gasteiger partial charge in [0.2, 0.25) is 0 Å². The highest BCUT2D eigenvalue weighted by atomic mass is 32.3. The van der Waals surface area contributed by atoms with Gasteiger partial charge < -0.3 is 0 Å². The number of halogens is 2. The van der Waals surface area contributed by atoms with E-state index in [4.69, 9.17) is 9.11 Å². The van der Waals surface area contributed by atoms with Gasteiger partial charge in [0.05, 0.1) is 0 Å². The van der Waals surface area contributed by atoms with Crippen LogP contribution in [0.25, 0.3) is 0 Å². The smallest absolute Gasteiger partial charge is 0.263 e. The lowest BCUT2D eigenvalue weighted by Crippen LogP contribution is -2.30. The molecule has 0 saturated heterocycles. The highest BCUT2D eigenvalue weighted by Gasteiger charge is 2.32. The van der Waals surface area contributed by atoms with E-state index in [2.05, 4.69) is 8.37 Å². The standard InChI is InChI=1S/C2H4F2O8S2/c3-1(4)2(11-13(5,6)7)12-14(8,9)10/h1-2H,(H,5,6,7)(H,8,9,10). The van der Waals surface area contributed by atoms with Gasteiger partial charge in [0.1, 0.15) is 0 Å². The first kappa shape index (κ1) is 13.6. The molecular weight excluding hydrogens is 254 g/mol. The zero-order chi connectivity index (χ0) is 11.6. The molecule has 0 rings (SSSR count). The second-order valence-corrected chi connectivity index (χ2v) is 3.85. The topological polar surface area (TPSA) is 127 Å². The Labute approximate surface area is 77.3 Å². The Kier molecular flexibility index (Phi) is 4.29. The van der Waals surface area contributed by atoms with Crippen molar-refractivity contribution in [2.45, 2.75) is 12.7 Å². The van der Waals surface area contributed by atoms with Crippen LogP contribution in [0.3, 0.4) is 0 Å². The molecule has 0 bridgehead atoms. The van der Waals surface area contributed by atoms with E-state index in [9.17, 15) is 25.6 Å². The zero-order valence-corrected chi connectivity index (χ0v) is 7.70. The summed E-state index contributed by atoms with van der Waals surface area (Å²) in [7, 11) is -10.6. The molecule has 0 radical (unpaired) electrons. The number of rotatable bonds is 5. The molecule has 0 saturated carbocycles. The fourth-order valence-corrected chi connectivity index (χ4v) is 1.12. The normalized spacial score (nSPS) is 13.9. The molecule has 0 heterocycles. The molecule has 14 heavy (non-hydrogen) atoms. The molecule has 0 unspecified atom stereocenters. The molecular formula is C2H4F2O8S2. The Morgan fingerprint density at radius 1 is 0.929 bits per heavy atom. The molecule has 0 aromatic heterocycles. The zero-order valence-electron chi connectivity index (χ0n) is 6.07. The van der Waals surface area contributed by atoms with Crippen LogP contribution in [0.2, 0.25) is 0 Å². The second-order valence-electron chi connectivity index (χ2n) is 1.75. The minimum absolute atomic E-state index is 3.09. The van der Waals surface area contributed by atoms with E-state index in [1.54, 1.807) is 0 Å². The minimum Gasteiger partial charge on any atom is -0.263 e. The van der Waals surface area contributed by atoms with E-state index in [0.717, 1.165) is 0 Å². The predicted molar refractivity (Wildman–Crippen MR) is 35.1 cm³/mol. The average molecular weight is 258 g/mol. The Balaban J connectivity index is 4.64. The van der Waals surface area contributed by atoms with Gasteiger partial charge in [-0.05, 0) is 0 Å². The monoisotopic (exact) mass is 258 g/mol. The van der Waals surface area contributed by atoms with Gasteiger partial charge in [-0.2, -0.15) is 16.8 Å². The Morgan fingerprint density at radius 2 is 1.21 bits per heavy atom. The van der Waals surface area contributed by atoms with Crippen molar-refractivity contribution in [2.24, 2.45) is 0 Å². The van der Waals surface area contributed by atoms with E-state index in [1.165, 1.54) is 0 Å². The third-order valence-electron chi connectivity index (χ3n) is 0.639. The molecule has 0 atom stereocenters. The third-order valence-corrected chi connectivity index (χ3v) is 1.50. The van der Waals surface area contributed by atoms with Gasteiger partial charge in [0.25, 0.3) is 12.7 Å². The predicted octanol–water partition coefficient (Wildman–Crippen LogP) is -0.784. The summed E-state index contributed by atoms with van der Waals surface area (Å²) in [6.07, 6.45) is -6.85. The first-order chi connectivity index (χ1) is 6.01. The van der Waals surface area contributed by atoms with Crippen LogP contribution in [0.1, 0.15) is 0 Å². The lowest BCUT2D eigenvalue weighted by molar-refractivity contribution is -0.105. The summed E-state index contributed by atoms with van der Waals surface area (Å²) in [5, 5.41) is 0. The molecule has 0 aromatic rings. The van der Waals surface area contributed by atoms with Crippen molar-refractivity contribution in [1.82, 2.24) is 0 Å². The Morgan fingerprint density at radius 3 is 1.36 bits per heavy atom. The molecule has 8 nitrogen and oxygen atoms in total. The van der Waals surface area contributed by atoms with Crippen LogP contribution < -0.4 is 0 Å². The van der Waals surface area contributed by atoms with Crippen LogP contribution in [-0.4, -0.2) is 38.7 Å². The van der Waals surface area contributed by atoms with Gasteiger partial charge in [0, 0.05) is 0 Å². The molecule has 0 aromatic carbocycles. The highest BCUT2D eigenvalue weighted by molar-refractivity contribution is 7.81. The van der Waals surface area contributed by atoms with Gasteiger partial charge >= 0.3 is 20.8 Å². The first-order valence-electron chi connectivity index (χ1n) is 2.61.